The number of allylic oxidation sites excluding steroid dienone is 2. The number of amides is 4. The van der Waals surface area contributed by atoms with Crippen LogP contribution < -0.4 is 16.0 Å². The minimum Gasteiger partial charge on any atom is -0.368 e. The first kappa shape index (κ1) is 27.6. The number of carbonyl (C=O) groups excluding carboxylic acids is 4. The van der Waals surface area contributed by atoms with E-state index in [1.165, 1.54) is 7.11 Å². The van der Waals surface area contributed by atoms with Crippen molar-refractivity contribution in [3.8, 4) is 6.07 Å². The minimum absolute atomic E-state index is 0.0358. The van der Waals surface area contributed by atoms with Crippen LogP contribution in [0.3, 0.4) is 0 Å². The van der Waals surface area contributed by atoms with Crippen LogP contribution in [0.15, 0.2) is 12.2 Å². The number of methoxy groups -OCH3 is 1. The average molecular weight is 540 g/mol. The molecule has 3 N–H and O–H groups in total. The highest BCUT2D eigenvalue weighted by Crippen LogP contribution is 2.54. The van der Waals surface area contributed by atoms with Gasteiger partial charge in [-0.1, -0.05) is 32.9 Å². The Morgan fingerprint density at radius 1 is 1.23 bits per heavy atom. The Kier molecular flexibility index (Phi) is 7.25. The zero-order valence-electron chi connectivity index (χ0n) is 23.4. The number of fused-ring (bicyclic) bond motifs is 5. The maximum Gasteiger partial charge on any atom is 0.252 e. The molecule has 39 heavy (non-hydrogen) atoms. The fraction of sp³-hybridized carbons (Fsp3) is 0.759. The van der Waals surface area contributed by atoms with Gasteiger partial charge in [0, 0.05) is 26.1 Å². The second-order valence-electron chi connectivity index (χ2n) is 13.2. The van der Waals surface area contributed by atoms with E-state index >= 15 is 0 Å². The molecule has 4 fully saturated rings. The van der Waals surface area contributed by atoms with Gasteiger partial charge >= 0.3 is 0 Å². The van der Waals surface area contributed by atoms with Crippen LogP contribution in [0.1, 0.15) is 59.3 Å². The second-order valence-corrected chi connectivity index (χ2v) is 13.2. The molecule has 4 amide bonds. The molecule has 0 radical (unpaired) electrons. The van der Waals surface area contributed by atoms with E-state index < -0.39 is 29.1 Å². The smallest absolute Gasteiger partial charge is 0.252 e. The summed E-state index contributed by atoms with van der Waals surface area (Å²) in [5, 5.41) is 18.5. The summed E-state index contributed by atoms with van der Waals surface area (Å²) in [4.78, 5) is 55.2. The first-order chi connectivity index (χ1) is 18.5. The Balaban J connectivity index is 1.38. The number of likely N-dealkylation sites (tertiary alicyclic amines) is 1. The summed E-state index contributed by atoms with van der Waals surface area (Å²) in [6.07, 6.45) is 8.34. The summed E-state index contributed by atoms with van der Waals surface area (Å²) in [5.74, 6) is -0.682. The van der Waals surface area contributed by atoms with E-state index in [-0.39, 0.29) is 53.7 Å². The summed E-state index contributed by atoms with van der Waals surface area (Å²) in [5.41, 5.74) is -1.51. The maximum atomic E-state index is 14.3. The van der Waals surface area contributed by atoms with Crippen LogP contribution in [0.2, 0.25) is 0 Å². The van der Waals surface area contributed by atoms with Crippen molar-refractivity contribution in [2.75, 3.05) is 20.2 Å². The molecule has 0 aromatic rings. The molecule has 5 rings (SSSR count). The molecule has 5 aliphatic rings. The topological polar surface area (TPSA) is 141 Å². The fourth-order valence-corrected chi connectivity index (χ4v) is 7.43. The summed E-state index contributed by atoms with van der Waals surface area (Å²) >= 11 is 0. The molecule has 8 atom stereocenters. The van der Waals surface area contributed by atoms with E-state index in [0.717, 1.165) is 12.8 Å². The number of hydrogen-bond donors (Lipinski definition) is 3. The lowest BCUT2D eigenvalue weighted by Crippen LogP contribution is -2.63. The van der Waals surface area contributed by atoms with Gasteiger partial charge in [0.25, 0.3) is 5.91 Å². The second kappa shape index (κ2) is 10.2. The monoisotopic (exact) mass is 539 g/mol. The van der Waals surface area contributed by atoms with Crippen molar-refractivity contribution in [2.24, 2.45) is 35.0 Å². The van der Waals surface area contributed by atoms with Crippen molar-refractivity contribution >= 4 is 23.6 Å². The molecule has 212 valence electrons. The standard InChI is InChI=1S/C29H41N5O5/c1-28(2,3)23(33-27(38)29(39-4)9-5-10-29)26(37)34-15-20-16-6-7-17(12-16)21(20)22(34)25(36)32-19(14-30)13-18-8-11-31-24(18)35/h6-7,16-23H,5,8-13,15H2,1-4H3,(H,31,35)(H,32,36)(H,33,38). The number of hydrogen-bond acceptors (Lipinski definition) is 6. The van der Waals surface area contributed by atoms with Gasteiger partial charge in [0.1, 0.15) is 23.7 Å². The number of nitriles is 1. The lowest BCUT2D eigenvalue weighted by atomic mass is 9.78. The van der Waals surface area contributed by atoms with Crippen LogP contribution in [-0.2, 0) is 23.9 Å². The molecule has 0 aromatic carbocycles. The molecule has 2 saturated carbocycles. The average Bonchev–Trinajstić information content (AvgIpc) is 3.63. The van der Waals surface area contributed by atoms with Gasteiger partial charge in [-0.2, -0.15) is 5.26 Å². The third-order valence-corrected chi connectivity index (χ3v) is 9.86. The zero-order chi connectivity index (χ0) is 28.1. The highest BCUT2D eigenvalue weighted by atomic mass is 16.5. The summed E-state index contributed by atoms with van der Waals surface area (Å²) < 4.78 is 5.56. The quantitative estimate of drug-likeness (QED) is 0.397. The molecule has 10 nitrogen and oxygen atoms in total. The van der Waals surface area contributed by atoms with Gasteiger partial charge in [-0.25, -0.2) is 0 Å². The molecule has 8 unspecified atom stereocenters. The number of rotatable bonds is 8. The predicted molar refractivity (Wildman–Crippen MR) is 141 cm³/mol. The Morgan fingerprint density at radius 3 is 2.51 bits per heavy atom. The van der Waals surface area contributed by atoms with Gasteiger partial charge in [-0.05, 0) is 67.6 Å². The third kappa shape index (κ3) is 4.83. The van der Waals surface area contributed by atoms with Crippen LogP contribution in [0, 0.1) is 46.3 Å². The minimum atomic E-state index is -0.905. The van der Waals surface area contributed by atoms with Crippen molar-refractivity contribution in [1.82, 2.24) is 20.9 Å². The van der Waals surface area contributed by atoms with E-state index in [2.05, 4.69) is 34.2 Å². The third-order valence-electron chi connectivity index (χ3n) is 9.86. The van der Waals surface area contributed by atoms with Gasteiger partial charge in [0.2, 0.25) is 17.7 Å². The van der Waals surface area contributed by atoms with E-state index in [1.807, 2.05) is 20.8 Å². The lowest BCUT2D eigenvalue weighted by Gasteiger charge is -2.42. The first-order valence-electron chi connectivity index (χ1n) is 14.3. The maximum absolute atomic E-state index is 14.3. The largest absolute Gasteiger partial charge is 0.368 e. The normalized spacial score (nSPS) is 33.5. The predicted octanol–water partition coefficient (Wildman–Crippen LogP) is 1.27. The molecule has 0 aromatic heterocycles. The molecule has 2 aliphatic heterocycles. The van der Waals surface area contributed by atoms with Gasteiger partial charge in [0.15, 0.2) is 0 Å². The first-order valence-corrected chi connectivity index (χ1v) is 14.3. The SMILES string of the molecule is COC1(C(=O)NC(C(=O)N2CC3C4C=CC(C4)C3C2C(=O)NC(C#N)CC2CCNC2=O)C(C)(C)C)CCC1. The Labute approximate surface area is 230 Å². The van der Waals surface area contributed by atoms with Gasteiger partial charge in [-0.15, -0.1) is 0 Å². The number of nitrogens with zero attached hydrogens (tertiary/aromatic N) is 2. The van der Waals surface area contributed by atoms with E-state index in [0.29, 0.717) is 38.3 Å². The van der Waals surface area contributed by atoms with Crippen LogP contribution in [-0.4, -0.2) is 72.5 Å². The number of carbonyl (C=O) groups is 4. The Morgan fingerprint density at radius 2 is 1.95 bits per heavy atom. The van der Waals surface area contributed by atoms with Gasteiger partial charge in [-0.3, -0.25) is 19.2 Å². The Bertz CT molecular complexity index is 1100. The number of ether oxygens (including phenoxy) is 1. The number of nitrogens with one attached hydrogen (secondary N) is 3. The van der Waals surface area contributed by atoms with Crippen LogP contribution in [0.5, 0.6) is 0 Å². The van der Waals surface area contributed by atoms with E-state index in [9.17, 15) is 24.4 Å². The van der Waals surface area contributed by atoms with Gasteiger partial charge in [0.05, 0.1) is 6.07 Å². The van der Waals surface area contributed by atoms with Crippen molar-refractivity contribution in [2.45, 2.75) is 83.0 Å². The summed E-state index contributed by atoms with van der Waals surface area (Å²) in [6.45, 7) is 6.74. The molecule has 10 heteroatoms. The fourth-order valence-electron chi connectivity index (χ4n) is 7.43. The van der Waals surface area contributed by atoms with Crippen LogP contribution in [0.25, 0.3) is 0 Å². The van der Waals surface area contributed by atoms with Crippen molar-refractivity contribution in [3.05, 3.63) is 12.2 Å². The molecular weight excluding hydrogens is 498 g/mol. The van der Waals surface area contributed by atoms with E-state index in [1.54, 1.807) is 4.90 Å². The summed E-state index contributed by atoms with van der Waals surface area (Å²) in [6, 6.07) is -0.254. The van der Waals surface area contributed by atoms with E-state index in [4.69, 9.17) is 4.74 Å². The zero-order valence-corrected chi connectivity index (χ0v) is 23.4. The molecule has 0 spiro atoms. The van der Waals surface area contributed by atoms with Crippen molar-refractivity contribution < 1.29 is 23.9 Å². The van der Waals surface area contributed by atoms with Crippen LogP contribution >= 0.6 is 0 Å². The highest BCUT2D eigenvalue weighted by Gasteiger charge is 2.59. The van der Waals surface area contributed by atoms with Crippen molar-refractivity contribution in [3.63, 3.8) is 0 Å². The Hall–Kier alpha value is -2.93. The lowest BCUT2D eigenvalue weighted by molar-refractivity contribution is -0.159. The molecule has 2 heterocycles. The molecule has 2 saturated heterocycles. The molecular formula is C29H41N5O5. The highest BCUT2D eigenvalue weighted by molar-refractivity contribution is 5.95. The summed E-state index contributed by atoms with van der Waals surface area (Å²) in [7, 11) is 1.53. The van der Waals surface area contributed by atoms with Crippen LogP contribution in [0.4, 0.5) is 0 Å². The molecule has 2 bridgehead atoms. The van der Waals surface area contributed by atoms with Gasteiger partial charge < -0.3 is 25.6 Å². The molecule has 3 aliphatic carbocycles. The van der Waals surface area contributed by atoms with Crippen molar-refractivity contribution in [1.29, 1.82) is 5.26 Å².